The molecule has 5 nitrogen and oxygen atoms in total. The van der Waals surface area contributed by atoms with Crippen molar-refractivity contribution in [2.75, 3.05) is 11.5 Å². The molecule has 112 valence electrons. The topological polar surface area (TPSA) is 87.0 Å². The lowest BCUT2D eigenvalue weighted by Gasteiger charge is -2.10. The molecule has 3 aromatic carbocycles. The fraction of sp³-hybridized carbons (Fsp3) is 0. The molecule has 0 aliphatic rings. The van der Waals surface area contributed by atoms with Gasteiger partial charge in [-0.25, -0.2) is 4.98 Å². The van der Waals surface area contributed by atoms with Gasteiger partial charge in [0, 0.05) is 10.8 Å². The largest absolute Gasteiger partial charge is 0.457 e. The number of aromatic nitrogens is 2. The van der Waals surface area contributed by atoms with Gasteiger partial charge < -0.3 is 16.2 Å². The summed E-state index contributed by atoms with van der Waals surface area (Å²) >= 11 is 0. The highest BCUT2D eigenvalue weighted by Crippen LogP contribution is 2.32. The summed E-state index contributed by atoms with van der Waals surface area (Å²) in [5, 5.41) is 2.90. The normalized spacial score (nSPS) is 11.0. The lowest BCUT2D eigenvalue weighted by molar-refractivity contribution is 0.489. The fourth-order valence-electron chi connectivity index (χ4n) is 2.62. The summed E-state index contributed by atoms with van der Waals surface area (Å²) in [4.78, 5) is 8.15. The molecule has 23 heavy (non-hydrogen) atoms. The van der Waals surface area contributed by atoms with Crippen LogP contribution in [-0.4, -0.2) is 9.97 Å². The number of hydrogen-bond acceptors (Lipinski definition) is 5. The molecule has 4 aromatic rings. The van der Waals surface area contributed by atoms with Gasteiger partial charge in [-0.3, -0.25) is 0 Å². The number of benzene rings is 3. The van der Waals surface area contributed by atoms with Crippen molar-refractivity contribution in [2.24, 2.45) is 0 Å². The highest BCUT2D eigenvalue weighted by atomic mass is 16.5. The average molecular weight is 302 g/mol. The smallest absolute Gasteiger partial charge is 0.222 e. The number of rotatable bonds is 2. The van der Waals surface area contributed by atoms with Gasteiger partial charge in [-0.1, -0.05) is 36.4 Å². The van der Waals surface area contributed by atoms with Crippen LogP contribution < -0.4 is 16.2 Å². The van der Waals surface area contributed by atoms with Gasteiger partial charge in [-0.05, 0) is 29.7 Å². The number of fused-ring (bicyclic) bond motifs is 2. The molecule has 0 fully saturated rings. The van der Waals surface area contributed by atoms with Gasteiger partial charge in [-0.15, -0.1) is 0 Å². The van der Waals surface area contributed by atoms with Gasteiger partial charge in [0.15, 0.2) is 0 Å². The van der Waals surface area contributed by atoms with E-state index in [9.17, 15) is 0 Å². The van der Waals surface area contributed by atoms with Crippen molar-refractivity contribution in [3.05, 3.63) is 60.7 Å². The van der Waals surface area contributed by atoms with Crippen LogP contribution in [0.1, 0.15) is 0 Å². The van der Waals surface area contributed by atoms with Crippen LogP contribution in [0.5, 0.6) is 11.5 Å². The maximum atomic E-state index is 6.04. The summed E-state index contributed by atoms with van der Waals surface area (Å²) in [6, 6.07) is 19.5. The summed E-state index contributed by atoms with van der Waals surface area (Å²) < 4.78 is 6.04. The van der Waals surface area contributed by atoms with E-state index in [0.29, 0.717) is 17.1 Å². The maximum absolute atomic E-state index is 6.04. The van der Waals surface area contributed by atoms with Gasteiger partial charge in [0.25, 0.3) is 0 Å². The maximum Gasteiger partial charge on any atom is 0.222 e. The molecule has 0 saturated heterocycles. The quantitative estimate of drug-likeness (QED) is 0.589. The number of hydrogen-bond donors (Lipinski definition) is 2. The summed E-state index contributed by atoms with van der Waals surface area (Å²) in [7, 11) is 0. The zero-order valence-corrected chi connectivity index (χ0v) is 12.2. The standard InChI is InChI=1S/C18H14N4O/c19-17-14-10-12(8-9-15(14)21-18(20)22-17)23-16-7-3-5-11-4-1-2-6-13(11)16/h1-10H,(H4,19,20,21,22). The Morgan fingerprint density at radius 1 is 0.783 bits per heavy atom. The van der Waals surface area contributed by atoms with Crippen LogP contribution in [0.15, 0.2) is 60.7 Å². The Balaban J connectivity index is 1.80. The zero-order chi connectivity index (χ0) is 15.8. The molecular formula is C18H14N4O. The van der Waals surface area contributed by atoms with E-state index in [1.807, 2.05) is 48.5 Å². The van der Waals surface area contributed by atoms with Gasteiger partial charge in [0.05, 0.1) is 5.52 Å². The summed E-state index contributed by atoms with van der Waals surface area (Å²) in [5.41, 5.74) is 12.2. The number of nitrogen functional groups attached to an aromatic ring is 2. The molecule has 5 heteroatoms. The molecule has 0 radical (unpaired) electrons. The van der Waals surface area contributed by atoms with E-state index in [-0.39, 0.29) is 5.95 Å². The molecule has 0 spiro atoms. The van der Waals surface area contributed by atoms with Crippen LogP contribution in [0.3, 0.4) is 0 Å². The third kappa shape index (κ3) is 2.38. The van der Waals surface area contributed by atoms with Crippen molar-refractivity contribution in [3.63, 3.8) is 0 Å². The van der Waals surface area contributed by atoms with Crippen molar-refractivity contribution in [2.45, 2.75) is 0 Å². The Bertz CT molecular complexity index is 1020. The summed E-state index contributed by atoms with van der Waals surface area (Å²) in [6.45, 7) is 0. The van der Waals surface area contributed by atoms with E-state index in [4.69, 9.17) is 16.2 Å². The summed E-state index contributed by atoms with van der Waals surface area (Å²) in [6.07, 6.45) is 0. The third-order valence-corrected chi connectivity index (χ3v) is 3.69. The minimum atomic E-state index is 0.165. The van der Waals surface area contributed by atoms with E-state index in [2.05, 4.69) is 22.1 Å². The number of nitrogens with two attached hydrogens (primary N) is 2. The molecule has 0 unspecified atom stereocenters. The Labute approximate surface area is 132 Å². The van der Waals surface area contributed by atoms with E-state index in [1.165, 1.54) is 0 Å². The molecule has 1 aromatic heterocycles. The van der Waals surface area contributed by atoms with Gasteiger partial charge in [0.1, 0.15) is 17.3 Å². The second kappa shape index (κ2) is 5.14. The predicted octanol–water partition coefficient (Wildman–Crippen LogP) is 3.74. The van der Waals surface area contributed by atoms with E-state index < -0.39 is 0 Å². The first-order valence-electron chi connectivity index (χ1n) is 7.19. The van der Waals surface area contributed by atoms with Crippen LogP contribution in [0.4, 0.5) is 11.8 Å². The monoisotopic (exact) mass is 302 g/mol. The Morgan fingerprint density at radius 3 is 2.52 bits per heavy atom. The van der Waals surface area contributed by atoms with Crippen LogP contribution in [0, 0.1) is 0 Å². The molecule has 0 aliphatic heterocycles. The van der Waals surface area contributed by atoms with E-state index in [1.54, 1.807) is 0 Å². The first kappa shape index (κ1) is 13.3. The number of anilines is 2. The Kier molecular flexibility index (Phi) is 2.98. The molecular weight excluding hydrogens is 288 g/mol. The minimum absolute atomic E-state index is 0.165. The number of nitrogens with zero attached hydrogens (tertiary/aromatic N) is 2. The third-order valence-electron chi connectivity index (χ3n) is 3.69. The van der Waals surface area contributed by atoms with Gasteiger partial charge in [0.2, 0.25) is 5.95 Å². The predicted molar refractivity (Wildman–Crippen MR) is 92.4 cm³/mol. The summed E-state index contributed by atoms with van der Waals surface area (Å²) in [5.74, 6) is 1.97. The molecule has 1 heterocycles. The van der Waals surface area contributed by atoms with Crippen LogP contribution in [0.25, 0.3) is 21.7 Å². The second-order valence-corrected chi connectivity index (χ2v) is 5.23. The van der Waals surface area contributed by atoms with Crippen molar-refractivity contribution in [1.82, 2.24) is 9.97 Å². The molecule has 0 bridgehead atoms. The van der Waals surface area contributed by atoms with E-state index in [0.717, 1.165) is 21.9 Å². The van der Waals surface area contributed by atoms with Crippen molar-refractivity contribution < 1.29 is 4.74 Å². The highest BCUT2D eigenvalue weighted by molar-refractivity contribution is 5.91. The Hall–Kier alpha value is -3.34. The minimum Gasteiger partial charge on any atom is -0.457 e. The SMILES string of the molecule is Nc1nc(N)c2cc(Oc3cccc4ccccc34)ccc2n1. The molecule has 4 rings (SSSR count). The first-order valence-corrected chi connectivity index (χ1v) is 7.19. The van der Waals surface area contributed by atoms with Crippen LogP contribution in [0.2, 0.25) is 0 Å². The molecule has 0 saturated carbocycles. The molecule has 4 N–H and O–H groups in total. The Morgan fingerprint density at radius 2 is 1.61 bits per heavy atom. The lowest BCUT2D eigenvalue weighted by Crippen LogP contribution is -2.00. The highest BCUT2D eigenvalue weighted by Gasteiger charge is 2.07. The molecule has 0 aliphatic carbocycles. The van der Waals surface area contributed by atoms with Crippen molar-refractivity contribution >= 4 is 33.4 Å². The molecule has 0 atom stereocenters. The first-order chi connectivity index (χ1) is 11.2. The van der Waals surface area contributed by atoms with Gasteiger partial charge >= 0.3 is 0 Å². The van der Waals surface area contributed by atoms with Crippen LogP contribution >= 0.6 is 0 Å². The second-order valence-electron chi connectivity index (χ2n) is 5.23. The van der Waals surface area contributed by atoms with Crippen molar-refractivity contribution in [3.8, 4) is 11.5 Å². The molecule has 0 amide bonds. The fourth-order valence-corrected chi connectivity index (χ4v) is 2.62. The van der Waals surface area contributed by atoms with Crippen LogP contribution in [-0.2, 0) is 0 Å². The lowest BCUT2D eigenvalue weighted by atomic mass is 10.1. The van der Waals surface area contributed by atoms with Gasteiger partial charge in [-0.2, -0.15) is 4.98 Å². The number of ether oxygens (including phenoxy) is 1. The zero-order valence-electron chi connectivity index (χ0n) is 12.2. The van der Waals surface area contributed by atoms with E-state index >= 15 is 0 Å². The average Bonchev–Trinajstić information content (AvgIpc) is 2.56. The van der Waals surface area contributed by atoms with Crippen molar-refractivity contribution in [1.29, 1.82) is 0 Å².